The summed E-state index contributed by atoms with van der Waals surface area (Å²) in [6.07, 6.45) is 3.22. The predicted molar refractivity (Wildman–Crippen MR) is 102 cm³/mol. The molecule has 3 N–H and O–H groups in total. The smallest absolute Gasteiger partial charge is 0.251 e. The summed E-state index contributed by atoms with van der Waals surface area (Å²) in [4.78, 5) is 8.79. The normalized spacial score (nSPS) is 16.5. The Morgan fingerprint density at radius 1 is 1.21 bits per heavy atom. The lowest BCUT2D eigenvalue weighted by atomic mass is 10.1. The van der Waals surface area contributed by atoms with Crippen LogP contribution in [0.3, 0.4) is 0 Å². The van der Waals surface area contributed by atoms with E-state index < -0.39 is 11.7 Å². The number of halogens is 3. The Balaban J connectivity index is 1.36. The van der Waals surface area contributed by atoms with Crippen LogP contribution in [0, 0.1) is 5.82 Å². The van der Waals surface area contributed by atoms with Crippen molar-refractivity contribution in [2.75, 3.05) is 30.3 Å². The number of piperidine rings is 1. The molecule has 28 heavy (non-hydrogen) atoms. The van der Waals surface area contributed by atoms with Crippen LogP contribution in [0.4, 0.5) is 24.7 Å². The standard InChI is InChI=1S/C20H21F3N4O/c21-16-9-13(11-26-19(16)27-6-4-20(22,23)5-7-27)3-8-28-14-1-2-18-15(10-14)17(24)12-25-18/h1-2,9-12,25H,3-8,24H2. The molecular weight excluding hydrogens is 369 g/mol. The van der Waals surface area contributed by atoms with Gasteiger partial charge in [0.25, 0.3) is 5.92 Å². The highest BCUT2D eigenvalue weighted by molar-refractivity contribution is 5.92. The van der Waals surface area contributed by atoms with E-state index in [1.165, 1.54) is 6.07 Å². The van der Waals surface area contributed by atoms with E-state index in [1.54, 1.807) is 17.3 Å². The van der Waals surface area contributed by atoms with Gasteiger partial charge in [-0.05, 0) is 29.8 Å². The minimum absolute atomic E-state index is 0.101. The largest absolute Gasteiger partial charge is 0.493 e. The number of pyridine rings is 1. The second kappa shape index (κ2) is 7.26. The lowest BCUT2D eigenvalue weighted by molar-refractivity contribution is -0.0222. The van der Waals surface area contributed by atoms with Crippen molar-refractivity contribution in [1.29, 1.82) is 0 Å². The van der Waals surface area contributed by atoms with Crippen molar-refractivity contribution in [3.8, 4) is 5.75 Å². The third-order valence-corrected chi connectivity index (χ3v) is 5.02. The number of rotatable bonds is 5. The number of benzene rings is 1. The number of H-pyrrole nitrogens is 1. The summed E-state index contributed by atoms with van der Waals surface area (Å²) in [5, 5.41) is 0.890. The zero-order chi connectivity index (χ0) is 19.7. The molecule has 8 heteroatoms. The number of nitrogen functional groups attached to an aromatic ring is 1. The molecule has 148 valence electrons. The SMILES string of the molecule is Nc1c[nH]c2ccc(OCCc3cnc(N4CCC(F)(F)CC4)c(F)c3)cc12. The van der Waals surface area contributed by atoms with Gasteiger partial charge in [0.2, 0.25) is 0 Å². The first-order chi connectivity index (χ1) is 13.4. The van der Waals surface area contributed by atoms with Crippen LogP contribution in [0.1, 0.15) is 18.4 Å². The molecule has 1 aliphatic rings. The van der Waals surface area contributed by atoms with Crippen LogP contribution in [-0.4, -0.2) is 35.6 Å². The van der Waals surface area contributed by atoms with Crippen molar-refractivity contribution in [3.63, 3.8) is 0 Å². The van der Waals surface area contributed by atoms with Crippen LogP contribution in [0.5, 0.6) is 5.75 Å². The average Bonchev–Trinajstić information content (AvgIpc) is 3.03. The van der Waals surface area contributed by atoms with Crippen molar-refractivity contribution in [1.82, 2.24) is 9.97 Å². The van der Waals surface area contributed by atoms with Crippen LogP contribution in [0.25, 0.3) is 10.9 Å². The fourth-order valence-electron chi connectivity index (χ4n) is 3.38. The topological polar surface area (TPSA) is 67.2 Å². The first-order valence-corrected chi connectivity index (χ1v) is 9.18. The molecule has 1 fully saturated rings. The summed E-state index contributed by atoms with van der Waals surface area (Å²) in [6.45, 7) is 0.556. The Bertz CT molecular complexity index is 979. The third-order valence-electron chi connectivity index (χ3n) is 5.02. The summed E-state index contributed by atoms with van der Waals surface area (Å²) in [5.74, 6) is -2.35. The lowest BCUT2D eigenvalue weighted by Gasteiger charge is -2.32. The van der Waals surface area contributed by atoms with Crippen LogP contribution in [0.2, 0.25) is 0 Å². The molecule has 0 atom stereocenters. The van der Waals surface area contributed by atoms with Crippen molar-refractivity contribution >= 4 is 22.4 Å². The number of hydrogen-bond acceptors (Lipinski definition) is 4. The predicted octanol–water partition coefficient (Wildman–Crippen LogP) is 4.14. The quantitative estimate of drug-likeness (QED) is 0.687. The van der Waals surface area contributed by atoms with Crippen LogP contribution >= 0.6 is 0 Å². The number of fused-ring (bicyclic) bond motifs is 1. The number of aromatic nitrogens is 2. The van der Waals surface area contributed by atoms with Gasteiger partial charge in [-0.1, -0.05) is 0 Å². The Kier molecular flexibility index (Phi) is 4.78. The summed E-state index contributed by atoms with van der Waals surface area (Å²) >= 11 is 0. The molecule has 4 rings (SSSR count). The van der Waals surface area contributed by atoms with Gasteiger partial charge in [-0.2, -0.15) is 0 Å². The van der Waals surface area contributed by atoms with E-state index >= 15 is 0 Å². The molecule has 0 bridgehead atoms. The highest BCUT2D eigenvalue weighted by Crippen LogP contribution is 2.31. The summed E-state index contributed by atoms with van der Waals surface area (Å²) in [5.41, 5.74) is 8.16. The lowest BCUT2D eigenvalue weighted by Crippen LogP contribution is -2.40. The van der Waals surface area contributed by atoms with Gasteiger partial charge >= 0.3 is 0 Å². The van der Waals surface area contributed by atoms with E-state index in [4.69, 9.17) is 10.5 Å². The van der Waals surface area contributed by atoms with E-state index in [2.05, 4.69) is 9.97 Å². The van der Waals surface area contributed by atoms with E-state index in [9.17, 15) is 13.2 Å². The van der Waals surface area contributed by atoms with Gasteiger partial charge in [-0.3, -0.25) is 0 Å². The van der Waals surface area contributed by atoms with E-state index in [1.807, 2.05) is 18.2 Å². The number of anilines is 2. The fraction of sp³-hybridized carbons (Fsp3) is 0.350. The first kappa shape index (κ1) is 18.5. The Hall–Kier alpha value is -2.90. The first-order valence-electron chi connectivity index (χ1n) is 9.18. The molecular formula is C20H21F3N4O. The molecule has 1 saturated heterocycles. The minimum atomic E-state index is -2.67. The average molecular weight is 390 g/mol. The minimum Gasteiger partial charge on any atom is -0.493 e. The van der Waals surface area contributed by atoms with Gasteiger partial charge in [-0.15, -0.1) is 0 Å². The number of aromatic amines is 1. The molecule has 2 aromatic heterocycles. The van der Waals surface area contributed by atoms with Gasteiger partial charge in [0, 0.05) is 55.6 Å². The van der Waals surface area contributed by atoms with E-state index in [-0.39, 0.29) is 31.7 Å². The van der Waals surface area contributed by atoms with Crippen molar-refractivity contribution in [2.45, 2.75) is 25.2 Å². The van der Waals surface area contributed by atoms with Gasteiger partial charge in [-0.25, -0.2) is 18.2 Å². The fourth-order valence-corrected chi connectivity index (χ4v) is 3.38. The Morgan fingerprint density at radius 2 is 2.00 bits per heavy atom. The van der Waals surface area contributed by atoms with E-state index in [0.717, 1.165) is 10.9 Å². The molecule has 0 saturated carbocycles. The molecule has 0 aliphatic carbocycles. The van der Waals surface area contributed by atoms with E-state index in [0.29, 0.717) is 30.0 Å². The second-order valence-electron chi connectivity index (χ2n) is 7.04. The molecule has 0 amide bonds. The highest BCUT2D eigenvalue weighted by Gasteiger charge is 2.35. The molecule has 3 heterocycles. The monoisotopic (exact) mass is 390 g/mol. The maximum absolute atomic E-state index is 14.4. The van der Waals surface area contributed by atoms with Gasteiger partial charge in [0.05, 0.1) is 12.3 Å². The number of hydrogen-bond donors (Lipinski definition) is 2. The van der Waals surface area contributed by atoms with Crippen molar-refractivity contribution in [2.24, 2.45) is 0 Å². The van der Waals surface area contributed by atoms with Gasteiger partial charge in [0.15, 0.2) is 11.6 Å². The highest BCUT2D eigenvalue weighted by atomic mass is 19.3. The molecule has 1 aliphatic heterocycles. The Morgan fingerprint density at radius 3 is 2.75 bits per heavy atom. The number of nitrogens with one attached hydrogen (secondary N) is 1. The van der Waals surface area contributed by atoms with Crippen LogP contribution < -0.4 is 15.4 Å². The number of alkyl halides is 2. The van der Waals surface area contributed by atoms with Crippen LogP contribution in [0.15, 0.2) is 36.7 Å². The van der Waals surface area contributed by atoms with Crippen molar-refractivity contribution < 1.29 is 17.9 Å². The zero-order valence-electron chi connectivity index (χ0n) is 15.2. The summed E-state index contributed by atoms with van der Waals surface area (Å²) < 4.78 is 46.7. The van der Waals surface area contributed by atoms with Crippen LogP contribution in [-0.2, 0) is 6.42 Å². The number of nitrogens with zero attached hydrogens (tertiary/aromatic N) is 2. The summed E-state index contributed by atoms with van der Waals surface area (Å²) in [6, 6.07) is 6.98. The molecule has 3 aromatic rings. The second-order valence-corrected chi connectivity index (χ2v) is 7.04. The molecule has 5 nitrogen and oxygen atoms in total. The van der Waals surface area contributed by atoms with Gasteiger partial charge < -0.3 is 20.4 Å². The molecule has 0 radical (unpaired) electrons. The molecule has 0 unspecified atom stereocenters. The van der Waals surface area contributed by atoms with Crippen molar-refractivity contribution in [3.05, 3.63) is 48.0 Å². The maximum atomic E-state index is 14.4. The third kappa shape index (κ3) is 3.85. The molecule has 0 spiro atoms. The van der Waals surface area contributed by atoms with Gasteiger partial charge in [0.1, 0.15) is 5.75 Å². The number of nitrogens with two attached hydrogens (primary N) is 1. The number of ether oxygens (including phenoxy) is 1. The molecule has 1 aromatic carbocycles. The maximum Gasteiger partial charge on any atom is 0.251 e. The summed E-state index contributed by atoms with van der Waals surface area (Å²) in [7, 11) is 0. The Labute approximate surface area is 160 Å². The zero-order valence-corrected chi connectivity index (χ0v) is 15.2.